The van der Waals surface area contributed by atoms with Crippen molar-refractivity contribution in [3.05, 3.63) is 30.1 Å². The van der Waals surface area contributed by atoms with E-state index in [-0.39, 0.29) is 24.9 Å². The van der Waals surface area contributed by atoms with E-state index in [1.807, 2.05) is 42.0 Å². The summed E-state index contributed by atoms with van der Waals surface area (Å²) in [4.78, 5) is 27.4. The van der Waals surface area contributed by atoms with Crippen LogP contribution in [0.25, 0.3) is 11.0 Å². The number of para-hydroxylation sites is 2. The topological polar surface area (TPSA) is 84.2 Å². The third kappa shape index (κ3) is 4.72. The van der Waals surface area contributed by atoms with Crippen molar-refractivity contribution in [2.24, 2.45) is 0 Å². The summed E-state index contributed by atoms with van der Waals surface area (Å²) >= 11 is 1.66. The molecule has 0 spiro atoms. The molecule has 1 aromatic heterocycles. The molecule has 2 N–H and O–H groups in total. The zero-order valence-corrected chi connectivity index (χ0v) is 14.1. The van der Waals surface area contributed by atoms with E-state index in [2.05, 4.69) is 10.3 Å². The highest BCUT2D eigenvalue weighted by molar-refractivity contribution is 7.97. The lowest BCUT2D eigenvalue weighted by molar-refractivity contribution is -0.137. The van der Waals surface area contributed by atoms with Gasteiger partial charge in [0.1, 0.15) is 12.4 Å². The second-order valence-electron chi connectivity index (χ2n) is 5.44. The van der Waals surface area contributed by atoms with Gasteiger partial charge in [-0.05, 0) is 31.7 Å². The molecule has 1 amide bonds. The molecule has 1 aromatic carbocycles. The maximum atomic E-state index is 12.3. The van der Waals surface area contributed by atoms with Gasteiger partial charge in [0.2, 0.25) is 5.91 Å². The largest absolute Gasteiger partial charge is 0.481 e. The van der Waals surface area contributed by atoms with Crippen molar-refractivity contribution < 1.29 is 14.7 Å². The zero-order chi connectivity index (χ0) is 16.8. The number of carboxylic acid groups (broad SMARTS) is 1. The Morgan fingerprint density at radius 1 is 1.39 bits per heavy atom. The SMILES string of the molecule is CSCc1nc2ccccc2n1CC(=O)NC(C)CCC(=O)O. The molecular weight excluding hydrogens is 314 g/mol. The van der Waals surface area contributed by atoms with E-state index in [1.54, 1.807) is 11.8 Å². The molecule has 2 rings (SSSR count). The lowest BCUT2D eigenvalue weighted by Crippen LogP contribution is -2.35. The van der Waals surface area contributed by atoms with Crippen molar-refractivity contribution in [2.75, 3.05) is 6.26 Å². The number of amides is 1. The molecule has 0 bridgehead atoms. The molecule has 0 saturated heterocycles. The Kier molecular flexibility index (Phi) is 6.04. The number of carbonyl (C=O) groups is 2. The molecule has 0 radical (unpaired) electrons. The summed E-state index contributed by atoms with van der Waals surface area (Å²) in [7, 11) is 0. The fourth-order valence-corrected chi connectivity index (χ4v) is 2.90. The predicted octanol–water partition coefficient (Wildman–Crippen LogP) is 2.27. The minimum atomic E-state index is -0.853. The van der Waals surface area contributed by atoms with Gasteiger partial charge in [-0.2, -0.15) is 11.8 Å². The minimum absolute atomic E-state index is 0.0488. The molecule has 0 aliphatic carbocycles. The first-order chi connectivity index (χ1) is 11.0. The lowest BCUT2D eigenvalue weighted by atomic mass is 10.2. The standard InChI is InChI=1S/C16H21N3O3S/c1-11(7-8-16(21)22)17-15(20)9-19-13-6-4-3-5-12(13)18-14(19)10-23-2/h3-6,11H,7-10H2,1-2H3,(H,17,20)(H,21,22). The lowest BCUT2D eigenvalue weighted by Gasteiger charge is -2.14. The number of nitrogens with one attached hydrogen (secondary N) is 1. The quantitative estimate of drug-likeness (QED) is 0.773. The normalized spacial score (nSPS) is 12.3. The van der Waals surface area contributed by atoms with E-state index in [1.165, 1.54) is 0 Å². The average Bonchev–Trinajstić information content (AvgIpc) is 2.83. The smallest absolute Gasteiger partial charge is 0.303 e. The third-order valence-corrected chi connectivity index (χ3v) is 4.05. The van der Waals surface area contributed by atoms with Gasteiger partial charge >= 0.3 is 5.97 Å². The first-order valence-electron chi connectivity index (χ1n) is 7.45. The van der Waals surface area contributed by atoms with Crippen LogP contribution in [0.1, 0.15) is 25.6 Å². The van der Waals surface area contributed by atoms with Gasteiger partial charge < -0.3 is 15.0 Å². The van der Waals surface area contributed by atoms with Gasteiger partial charge in [0.15, 0.2) is 0 Å². The number of hydrogen-bond donors (Lipinski definition) is 2. The molecule has 0 aliphatic heterocycles. The fourth-order valence-electron chi connectivity index (χ4n) is 2.42. The van der Waals surface area contributed by atoms with Crippen LogP contribution in [0.5, 0.6) is 0 Å². The number of carboxylic acids is 1. The summed E-state index contributed by atoms with van der Waals surface area (Å²) < 4.78 is 1.92. The Morgan fingerprint density at radius 3 is 2.83 bits per heavy atom. The Hall–Kier alpha value is -2.02. The molecule has 1 atom stereocenters. The van der Waals surface area contributed by atoms with Crippen LogP contribution in [0.2, 0.25) is 0 Å². The van der Waals surface area contributed by atoms with Gasteiger partial charge in [0.05, 0.1) is 16.8 Å². The zero-order valence-electron chi connectivity index (χ0n) is 13.3. The highest BCUT2D eigenvalue weighted by Gasteiger charge is 2.15. The number of fused-ring (bicyclic) bond motifs is 1. The number of carbonyl (C=O) groups excluding carboxylic acids is 1. The maximum Gasteiger partial charge on any atom is 0.303 e. The highest BCUT2D eigenvalue weighted by Crippen LogP contribution is 2.18. The van der Waals surface area contributed by atoms with Crippen molar-refractivity contribution >= 4 is 34.7 Å². The van der Waals surface area contributed by atoms with E-state index >= 15 is 0 Å². The molecule has 0 aliphatic rings. The first kappa shape index (κ1) is 17.3. The predicted molar refractivity (Wildman–Crippen MR) is 91.4 cm³/mol. The molecule has 124 valence electrons. The van der Waals surface area contributed by atoms with Crippen LogP contribution >= 0.6 is 11.8 Å². The van der Waals surface area contributed by atoms with Gasteiger partial charge in [-0.3, -0.25) is 9.59 Å². The summed E-state index contributed by atoms with van der Waals surface area (Å²) in [6, 6.07) is 7.57. The van der Waals surface area contributed by atoms with E-state index < -0.39 is 5.97 Å². The summed E-state index contributed by atoms with van der Waals surface area (Å²) in [6.45, 7) is 2.00. The number of thioether (sulfide) groups is 1. The van der Waals surface area contributed by atoms with E-state index in [9.17, 15) is 9.59 Å². The Labute approximate surface area is 139 Å². The molecule has 23 heavy (non-hydrogen) atoms. The van der Waals surface area contributed by atoms with Crippen LogP contribution in [0.15, 0.2) is 24.3 Å². The summed E-state index contributed by atoms with van der Waals surface area (Å²) in [5, 5.41) is 11.5. The molecule has 7 heteroatoms. The van der Waals surface area contributed by atoms with Crippen molar-refractivity contribution in [3.8, 4) is 0 Å². The minimum Gasteiger partial charge on any atom is -0.481 e. The number of rotatable bonds is 8. The third-order valence-electron chi connectivity index (χ3n) is 3.51. The molecule has 6 nitrogen and oxygen atoms in total. The van der Waals surface area contributed by atoms with E-state index in [4.69, 9.17) is 5.11 Å². The van der Waals surface area contributed by atoms with Crippen LogP contribution in [0, 0.1) is 0 Å². The van der Waals surface area contributed by atoms with Gasteiger partial charge in [0.25, 0.3) is 0 Å². The van der Waals surface area contributed by atoms with Gasteiger partial charge in [-0.25, -0.2) is 4.98 Å². The number of aromatic nitrogens is 2. The maximum absolute atomic E-state index is 12.3. The van der Waals surface area contributed by atoms with Gasteiger partial charge in [-0.1, -0.05) is 12.1 Å². The molecule has 2 aromatic rings. The molecule has 1 heterocycles. The summed E-state index contributed by atoms with van der Waals surface area (Å²) in [5.41, 5.74) is 1.81. The van der Waals surface area contributed by atoms with Crippen LogP contribution in [-0.4, -0.2) is 38.8 Å². The van der Waals surface area contributed by atoms with Crippen LogP contribution < -0.4 is 5.32 Å². The highest BCUT2D eigenvalue weighted by atomic mass is 32.2. The Morgan fingerprint density at radius 2 is 2.13 bits per heavy atom. The van der Waals surface area contributed by atoms with Gasteiger partial charge in [0, 0.05) is 12.5 Å². The number of nitrogens with zero attached hydrogens (tertiary/aromatic N) is 2. The molecular formula is C16H21N3O3S. The Balaban J connectivity index is 2.09. The van der Waals surface area contributed by atoms with Crippen molar-refractivity contribution in [1.82, 2.24) is 14.9 Å². The summed E-state index contributed by atoms with van der Waals surface area (Å²) in [5.74, 6) is 0.616. The Bertz CT molecular complexity index is 699. The first-order valence-corrected chi connectivity index (χ1v) is 8.85. The van der Waals surface area contributed by atoms with Gasteiger partial charge in [-0.15, -0.1) is 0 Å². The van der Waals surface area contributed by atoms with Crippen LogP contribution in [-0.2, 0) is 21.9 Å². The second-order valence-corrected chi connectivity index (χ2v) is 6.30. The van der Waals surface area contributed by atoms with Crippen LogP contribution in [0.3, 0.4) is 0 Å². The van der Waals surface area contributed by atoms with E-state index in [0.29, 0.717) is 6.42 Å². The number of aliphatic carboxylic acids is 1. The van der Waals surface area contributed by atoms with Crippen molar-refractivity contribution in [2.45, 2.75) is 38.1 Å². The van der Waals surface area contributed by atoms with Crippen molar-refractivity contribution in [1.29, 1.82) is 0 Å². The molecule has 0 saturated carbocycles. The fraction of sp³-hybridized carbons (Fsp3) is 0.438. The summed E-state index contributed by atoms with van der Waals surface area (Å²) in [6.07, 6.45) is 2.47. The molecule has 0 fully saturated rings. The van der Waals surface area contributed by atoms with Crippen molar-refractivity contribution in [3.63, 3.8) is 0 Å². The number of imidazole rings is 1. The number of hydrogen-bond acceptors (Lipinski definition) is 4. The average molecular weight is 335 g/mol. The second kappa shape index (κ2) is 8.01. The molecule has 1 unspecified atom stereocenters. The monoisotopic (exact) mass is 335 g/mol. The number of benzene rings is 1. The van der Waals surface area contributed by atoms with Crippen LogP contribution in [0.4, 0.5) is 0 Å². The van der Waals surface area contributed by atoms with E-state index in [0.717, 1.165) is 22.6 Å².